The third-order valence-corrected chi connectivity index (χ3v) is 6.63. The molecule has 7 heteroatoms. The van der Waals surface area contributed by atoms with Crippen molar-refractivity contribution >= 4 is 10.4 Å². The van der Waals surface area contributed by atoms with Gasteiger partial charge in [0.05, 0.1) is 0 Å². The Morgan fingerprint density at radius 2 is 1.81 bits per heavy atom. The van der Waals surface area contributed by atoms with Gasteiger partial charge in [0.15, 0.2) is 0 Å². The van der Waals surface area contributed by atoms with Crippen molar-refractivity contribution in [2.75, 3.05) is 6.54 Å². The van der Waals surface area contributed by atoms with Crippen LogP contribution in [0.3, 0.4) is 0 Å². The quantitative estimate of drug-likeness (QED) is 0.468. The molecule has 1 fully saturated rings. The van der Waals surface area contributed by atoms with Crippen LogP contribution in [0, 0.1) is 11.3 Å². The zero-order valence-corrected chi connectivity index (χ0v) is 18.4. The first-order chi connectivity index (χ1) is 11.9. The van der Waals surface area contributed by atoms with Crippen molar-refractivity contribution in [3.05, 3.63) is 34.9 Å². The number of fused-ring (bicyclic) bond motifs is 3. The second-order valence-corrected chi connectivity index (χ2v) is 9.64. The van der Waals surface area contributed by atoms with E-state index in [1.807, 2.05) is 0 Å². The number of aryl methyl sites for hydroxylation is 1. The van der Waals surface area contributed by atoms with Gasteiger partial charge in [-0.1, -0.05) is 52.3 Å². The molecular weight excluding hydrogens is 414 g/mol. The van der Waals surface area contributed by atoms with Gasteiger partial charge in [-0.15, -0.1) is 0 Å². The predicted molar refractivity (Wildman–Crippen MR) is 105 cm³/mol. The first kappa shape index (κ1) is 24.6. The Kier molecular flexibility index (Phi) is 8.14. The van der Waals surface area contributed by atoms with Gasteiger partial charge in [-0.2, -0.15) is 8.42 Å². The van der Waals surface area contributed by atoms with E-state index in [1.165, 1.54) is 37.7 Å². The van der Waals surface area contributed by atoms with Crippen LogP contribution < -0.4 is 5.73 Å². The number of hydrogen-bond donors (Lipinski definition) is 3. The van der Waals surface area contributed by atoms with Crippen molar-refractivity contribution < 1.29 is 34.6 Å². The van der Waals surface area contributed by atoms with Gasteiger partial charge in [-0.3, -0.25) is 9.11 Å². The maximum atomic E-state index is 8.74. The van der Waals surface area contributed by atoms with E-state index < -0.39 is 10.4 Å². The smallest absolute Gasteiger partial charge is 0.330 e. The van der Waals surface area contributed by atoms with Gasteiger partial charge in [0, 0.05) is 0 Å². The van der Waals surface area contributed by atoms with E-state index in [-0.39, 0.29) is 17.1 Å². The SMILES string of the molecule is CC(C)c1ccc2c(c1)CCC1C(C)(CN)CCCC21C.O=S(=O)(O)O.[Cu+2]. The molecule has 0 amide bonds. The number of hydrogen-bond acceptors (Lipinski definition) is 3. The van der Waals surface area contributed by atoms with Crippen LogP contribution in [-0.2, 0) is 39.3 Å². The van der Waals surface area contributed by atoms with Gasteiger partial charge in [-0.05, 0) is 71.6 Å². The molecular formula is C20H33CuNO4S+2. The van der Waals surface area contributed by atoms with Gasteiger partial charge in [-0.25, -0.2) is 0 Å². The van der Waals surface area contributed by atoms with Crippen LogP contribution in [-0.4, -0.2) is 24.1 Å². The summed E-state index contributed by atoms with van der Waals surface area (Å²) in [6.45, 7) is 10.4. The van der Waals surface area contributed by atoms with Crippen molar-refractivity contribution in [1.29, 1.82) is 0 Å². The number of nitrogens with two attached hydrogens (primary N) is 1. The van der Waals surface area contributed by atoms with E-state index in [9.17, 15) is 0 Å². The number of benzene rings is 1. The molecule has 1 aromatic rings. The monoisotopic (exact) mass is 446 g/mol. The van der Waals surface area contributed by atoms with Crippen LogP contribution in [0.4, 0.5) is 0 Å². The molecule has 3 atom stereocenters. The summed E-state index contributed by atoms with van der Waals surface area (Å²) in [5.41, 5.74) is 11.6. The van der Waals surface area contributed by atoms with E-state index in [4.69, 9.17) is 23.3 Å². The molecule has 3 unspecified atom stereocenters. The molecule has 5 nitrogen and oxygen atoms in total. The molecule has 157 valence electrons. The van der Waals surface area contributed by atoms with Crippen molar-refractivity contribution in [3.63, 3.8) is 0 Å². The molecule has 0 aliphatic heterocycles. The van der Waals surface area contributed by atoms with Crippen molar-refractivity contribution in [1.82, 2.24) is 0 Å². The number of rotatable bonds is 2. The van der Waals surface area contributed by atoms with Crippen LogP contribution >= 0.6 is 0 Å². The fourth-order valence-electron chi connectivity index (χ4n) is 5.25. The van der Waals surface area contributed by atoms with E-state index in [0.717, 1.165) is 12.5 Å². The van der Waals surface area contributed by atoms with E-state index in [1.54, 1.807) is 11.1 Å². The van der Waals surface area contributed by atoms with E-state index >= 15 is 0 Å². The van der Waals surface area contributed by atoms with E-state index in [2.05, 4.69) is 45.9 Å². The summed E-state index contributed by atoms with van der Waals surface area (Å²) in [5.74, 6) is 1.38. The maximum Gasteiger partial charge on any atom is 2.00 e. The van der Waals surface area contributed by atoms with Gasteiger partial charge in [0.25, 0.3) is 0 Å². The van der Waals surface area contributed by atoms with E-state index in [0.29, 0.717) is 16.7 Å². The Morgan fingerprint density at radius 3 is 2.33 bits per heavy atom. The normalized spacial score (nSPS) is 29.7. The first-order valence-corrected chi connectivity index (χ1v) is 10.8. The molecule has 1 radical (unpaired) electrons. The molecule has 2 aliphatic rings. The minimum atomic E-state index is -4.67. The van der Waals surface area contributed by atoms with Crippen molar-refractivity contribution in [3.8, 4) is 0 Å². The van der Waals surface area contributed by atoms with Crippen molar-refractivity contribution in [2.24, 2.45) is 17.1 Å². The fraction of sp³-hybridized carbons (Fsp3) is 0.700. The summed E-state index contributed by atoms with van der Waals surface area (Å²) >= 11 is 0. The zero-order valence-electron chi connectivity index (χ0n) is 16.6. The van der Waals surface area contributed by atoms with Crippen molar-refractivity contribution in [2.45, 2.75) is 71.1 Å². The zero-order chi connectivity index (χ0) is 19.8. The average molecular weight is 447 g/mol. The topological polar surface area (TPSA) is 101 Å². The van der Waals surface area contributed by atoms with Crippen LogP contribution in [0.2, 0.25) is 0 Å². The maximum absolute atomic E-state index is 8.74. The molecule has 0 saturated heterocycles. The standard InChI is InChI=1S/C20H31N.Cu.H2O4S/c1-14(2)15-6-8-17-16(12-15)7-9-18-19(3,13-21)10-5-11-20(17,18)4;;1-5(2,3)4/h6,8,12,14,18H,5,7,9-11,13,21H2,1-4H3;;(H2,1,2,3,4)/q;+2;. The summed E-state index contributed by atoms with van der Waals surface area (Å²) < 4.78 is 31.6. The average Bonchev–Trinajstić information content (AvgIpc) is 2.52. The second kappa shape index (κ2) is 8.93. The Balaban J connectivity index is 0.000000542. The predicted octanol–water partition coefficient (Wildman–Crippen LogP) is 4.12. The summed E-state index contributed by atoms with van der Waals surface area (Å²) in [5, 5.41) is 0. The van der Waals surface area contributed by atoms with Crippen LogP contribution in [0.1, 0.15) is 76.0 Å². The van der Waals surface area contributed by atoms with Gasteiger partial charge >= 0.3 is 27.5 Å². The molecule has 0 spiro atoms. The molecule has 2 aliphatic carbocycles. The van der Waals surface area contributed by atoms with Gasteiger partial charge in [0.1, 0.15) is 0 Å². The molecule has 1 aromatic carbocycles. The largest absolute Gasteiger partial charge is 2.00 e. The molecule has 1 saturated carbocycles. The minimum absolute atomic E-state index is 0. The molecule has 0 heterocycles. The summed E-state index contributed by atoms with van der Waals surface area (Å²) in [6, 6.07) is 7.29. The molecule has 27 heavy (non-hydrogen) atoms. The fourth-order valence-corrected chi connectivity index (χ4v) is 5.25. The molecule has 3 rings (SSSR count). The first-order valence-electron chi connectivity index (χ1n) is 9.44. The van der Waals surface area contributed by atoms with Gasteiger partial charge < -0.3 is 5.73 Å². The second-order valence-electron chi connectivity index (χ2n) is 8.74. The Labute approximate surface area is 174 Å². The van der Waals surface area contributed by atoms with Gasteiger partial charge in [0.2, 0.25) is 0 Å². The molecule has 0 bridgehead atoms. The third-order valence-electron chi connectivity index (χ3n) is 6.63. The van der Waals surface area contributed by atoms with Crippen LogP contribution in [0.15, 0.2) is 18.2 Å². The summed E-state index contributed by atoms with van der Waals surface area (Å²) in [4.78, 5) is 0. The molecule has 0 aromatic heterocycles. The summed E-state index contributed by atoms with van der Waals surface area (Å²) in [6.07, 6.45) is 6.53. The Hall–Kier alpha value is -0.431. The molecule has 4 N–H and O–H groups in total. The Bertz CT molecular complexity index is 744. The summed E-state index contributed by atoms with van der Waals surface area (Å²) in [7, 11) is -4.67. The van der Waals surface area contributed by atoms with Crippen LogP contribution in [0.5, 0.6) is 0 Å². The third kappa shape index (κ3) is 5.55. The Morgan fingerprint density at radius 1 is 1.22 bits per heavy atom. The minimum Gasteiger partial charge on any atom is -0.330 e. The van der Waals surface area contributed by atoms with Crippen LogP contribution in [0.25, 0.3) is 0 Å².